The van der Waals surface area contributed by atoms with Crippen LogP contribution in [0.25, 0.3) is 32.7 Å². The lowest BCUT2D eigenvalue weighted by atomic mass is 10.0. The molecule has 16 heavy (non-hydrogen) atoms. The Labute approximate surface area is 100 Å². The Hall–Kier alpha value is -1.54. The van der Waals surface area contributed by atoms with Crippen LogP contribution in [-0.2, 0) is 0 Å². The first-order valence-corrected chi connectivity index (χ1v) is 5.96. The third kappa shape index (κ3) is 0.908. The number of benzene rings is 3. The van der Waals surface area contributed by atoms with Crippen molar-refractivity contribution in [3.8, 4) is 0 Å². The molecule has 0 spiro atoms. The zero-order valence-electron chi connectivity index (χ0n) is 8.33. The van der Waals surface area contributed by atoms with Gasteiger partial charge in [0, 0.05) is 20.6 Å². The quantitative estimate of drug-likeness (QED) is 0.413. The highest BCUT2D eigenvalue weighted by Gasteiger charge is 2.13. The smallest absolute Gasteiger partial charge is 0.136 e. The lowest BCUT2D eigenvalue weighted by molar-refractivity contribution is 0.669. The molecule has 3 aromatic carbocycles. The van der Waals surface area contributed by atoms with Crippen LogP contribution in [0, 0.1) is 0 Å². The standard InChI is InChI=1S/C14H7BrO/c15-10-6-7-12-14-9(10)5-4-8-2-1-3-11(16-12)13(8)14/h1-7H. The summed E-state index contributed by atoms with van der Waals surface area (Å²) in [5.74, 6) is 0. The van der Waals surface area contributed by atoms with Gasteiger partial charge in [-0.25, -0.2) is 0 Å². The molecule has 0 aliphatic heterocycles. The number of rotatable bonds is 0. The van der Waals surface area contributed by atoms with Crippen LogP contribution >= 0.6 is 15.9 Å². The molecule has 1 aromatic heterocycles. The summed E-state index contributed by atoms with van der Waals surface area (Å²) >= 11 is 3.58. The van der Waals surface area contributed by atoms with Crippen molar-refractivity contribution in [3.63, 3.8) is 0 Å². The Kier molecular flexibility index (Phi) is 1.49. The van der Waals surface area contributed by atoms with Crippen LogP contribution in [0.15, 0.2) is 51.4 Å². The van der Waals surface area contributed by atoms with Crippen LogP contribution in [0.1, 0.15) is 0 Å². The van der Waals surface area contributed by atoms with Gasteiger partial charge in [-0.2, -0.15) is 0 Å². The first-order valence-electron chi connectivity index (χ1n) is 5.16. The van der Waals surface area contributed by atoms with E-state index in [0.717, 1.165) is 15.6 Å². The third-order valence-corrected chi connectivity index (χ3v) is 3.80. The van der Waals surface area contributed by atoms with Crippen molar-refractivity contribution in [2.75, 3.05) is 0 Å². The van der Waals surface area contributed by atoms with Gasteiger partial charge in [0.25, 0.3) is 0 Å². The lowest BCUT2D eigenvalue weighted by Crippen LogP contribution is -1.76. The van der Waals surface area contributed by atoms with Gasteiger partial charge in [-0.05, 0) is 23.6 Å². The van der Waals surface area contributed by atoms with E-state index in [4.69, 9.17) is 4.42 Å². The topological polar surface area (TPSA) is 13.1 Å². The molecule has 1 nitrogen and oxygen atoms in total. The fourth-order valence-corrected chi connectivity index (χ4v) is 2.87. The molecule has 0 amide bonds. The molecule has 0 fully saturated rings. The highest BCUT2D eigenvalue weighted by Crippen LogP contribution is 2.39. The Morgan fingerprint density at radius 1 is 0.812 bits per heavy atom. The van der Waals surface area contributed by atoms with Crippen molar-refractivity contribution in [1.29, 1.82) is 0 Å². The molecule has 0 N–H and O–H groups in total. The van der Waals surface area contributed by atoms with E-state index in [1.165, 1.54) is 21.5 Å². The zero-order chi connectivity index (χ0) is 10.7. The summed E-state index contributed by atoms with van der Waals surface area (Å²) in [5, 5.41) is 4.91. The van der Waals surface area contributed by atoms with Gasteiger partial charge in [0.15, 0.2) is 0 Å². The lowest BCUT2D eigenvalue weighted by Gasteiger charge is -2.01. The summed E-state index contributed by atoms with van der Waals surface area (Å²) in [4.78, 5) is 0. The van der Waals surface area contributed by atoms with E-state index in [-0.39, 0.29) is 0 Å². The molecule has 0 unspecified atom stereocenters. The van der Waals surface area contributed by atoms with E-state index in [2.05, 4.69) is 34.1 Å². The van der Waals surface area contributed by atoms with Crippen molar-refractivity contribution in [2.45, 2.75) is 0 Å². The van der Waals surface area contributed by atoms with E-state index in [1.54, 1.807) is 0 Å². The number of hydrogen-bond donors (Lipinski definition) is 0. The summed E-state index contributed by atoms with van der Waals surface area (Å²) in [7, 11) is 0. The van der Waals surface area contributed by atoms with Crippen LogP contribution in [0.2, 0.25) is 0 Å². The molecule has 4 rings (SSSR count). The first kappa shape index (κ1) is 8.59. The third-order valence-electron chi connectivity index (χ3n) is 3.11. The molecule has 0 saturated heterocycles. The SMILES string of the molecule is Brc1ccc2oc3cccc4ccc1c2c43. The van der Waals surface area contributed by atoms with E-state index in [0.29, 0.717) is 0 Å². The molecule has 0 atom stereocenters. The molecule has 0 bridgehead atoms. The Morgan fingerprint density at radius 2 is 1.69 bits per heavy atom. The second kappa shape index (κ2) is 2.77. The molecule has 0 aliphatic rings. The average molecular weight is 271 g/mol. The molecule has 0 saturated carbocycles. The maximum atomic E-state index is 5.85. The van der Waals surface area contributed by atoms with Crippen molar-refractivity contribution in [2.24, 2.45) is 0 Å². The number of halogens is 1. The van der Waals surface area contributed by atoms with Crippen LogP contribution < -0.4 is 0 Å². The molecule has 4 aromatic rings. The largest absolute Gasteiger partial charge is 0.456 e. The van der Waals surface area contributed by atoms with Crippen LogP contribution in [0.5, 0.6) is 0 Å². The minimum atomic E-state index is 0.963. The van der Waals surface area contributed by atoms with Crippen molar-refractivity contribution >= 4 is 48.6 Å². The number of hydrogen-bond acceptors (Lipinski definition) is 1. The van der Waals surface area contributed by atoms with Crippen molar-refractivity contribution in [3.05, 3.63) is 46.9 Å². The summed E-state index contributed by atoms with van der Waals surface area (Å²) in [6, 6.07) is 14.5. The Balaban J connectivity index is 2.50. The summed E-state index contributed by atoms with van der Waals surface area (Å²) in [6.45, 7) is 0. The predicted molar refractivity (Wildman–Crippen MR) is 70.1 cm³/mol. The van der Waals surface area contributed by atoms with E-state index >= 15 is 0 Å². The van der Waals surface area contributed by atoms with Gasteiger partial charge >= 0.3 is 0 Å². The molecule has 0 radical (unpaired) electrons. The van der Waals surface area contributed by atoms with E-state index < -0.39 is 0 Å². The van der Waals surface area contributed by atoms with Crippen molar-refractivity contribution in [1.82, 2.24) is 0 Å². The van der Waals surface area contributed by atoms with Gasteiger partial charge in [0.1, 0.15) is 11.2 Å². The van der Waals surface area contributed by atoms with Gasteiger partial charge in [-0.3, -0.25) is 0 Å². The van der Waals surface area contributed by atoms with Crippen LogP contribution in [0.3, 0.4) is 0 Å². The minimum Gasteiger partial charge on any atom is -0.456 e. The molecular weight excluding hydrogens is 264 g/mol. The Morgan fingerprint density at radius 3 is 2.62 bits per heavy atom. The second-order valence-electron chi connectivity index (χ2n) is 3.99. The summed E-state index contributed by atoms with van der Waals surface area (Å²) in [6.07, 6.45) is 0. The van der Waals surface area contributed by atoms with Gasteiger partial charge < -0.3 is 4.42 Å². The van der Waals surface area contributed by atoms with Crippen LogP contribution in [-0.4, -0.2) is 0 Å². The molecule has 2 heteroatoms. The molecule has 76 valence electrons. The van der Waals surface area contributed by atoms with Gasteiger partial charge in [0.2, 0.25) is 0 Å². The highest BCUT2D eigenvalue weighted by atomic mass is 79.9. The summed E-state index contributed by atoms with van der Waals surface area (Å²) < 4.78 is 6.97. The van der Waals surface area contributed by atoms with Crippen molar-refractivity contribution < 1.29 is 4.42 Å². The maximum absolute atomic E-state index is 5.85. The molecule has 0 aliphatic carbocycles. The van der Waals surface area contributed by atoms with Gasteiger partial charge in [-0.1, -0.05) is 40.2 Å². The number of furan rings is 1. The first-order chi connectivity index (χ1) is 7.84. The fraction of sp³-hybridized carbons (Fsp3) is 0. The highest BCUT2D eigenvalue weighted by molar-refractivity contribution is 9.10. The monoisotopic (exact) mass is 270 g/mol. The van der Waals surface area contributed by atoms with E-state index in [9.17, 15) is 0 Å². The molecular formula is C14H7BrO. The van der Waals surface area contributed by atoms with E-state index in [1.807, 2.05) is 24.3 Å². The zero-order valence-corrected chi connectivity index (χ0v) is 9.91. The summed E-state index contributed by atoms with van der Waals surface area (Å²) in [5.41, 5.74) is 1.93. The average Bonchev–Trinajstić information content (AvgIpc) is 2.69. The fourth-order valence-electron chi connectivity index (χ4n) is 2.41. The maximum Gasteiger partial charge on any atom is 0.136 e. The van der Waals surface area contributed by atoms with Gasteiger partial charge in [0.05, 0.1) is 0 Å². The molecule has 1 heterocycles. The minimum absolute atomic E-state index is 0.963. The normalized spacial score (nSPS) is 12.1. The predicted octanol–water partition coefficient (Wildman–Crippen LogP) is 4.94. The Bertz CT molecular complexity index is 813. The second-order valence-corrected chi connectivity index (χ2v) is 4.84. The van der Waals surface area contributed by atoms with Gasteiger partial charge in [-0.15, -0.1) is 0 Å². The van der Waals surface area contributed by atoms with Crippen LogP contribution in [0.4, 0.5) is 0 Å².